The van der Waals surface area contributed by atoms with Crippen LogP contribution in [0.1, 0.15) is 59.9 Å². The zero-order valence-electron chi connectivity index (χ0n) is 11.4. The molecule has 1 aliphatic carbocycles. The lowest BCUT2D eigenvalue weighted by molar-refractivity contribution is 0.307. The average molecular weight is 251 g/mol. The van der Waals surface area contributed by atoms with E-state index in [0.29, 0.717) is 6.04 Å². The summed E-state index contributed by atoms with van der Waals surface area (Å²) in [5, 5.41) is 3.52. The molecule has 0 amide bonds. The van der Waals surface area contributed by atoms with Gasteiger partial charge in [0.2, 0.25) is 0 Å². The third kappa shape index (κ3) is 3.32. The van der Waals surface area contributed by atoms with Crippen LogP contribution in [0.15, 0.2) is 6.07 Å². The van der Waals surface area contributed by atoms with Gasteiger partial charge in [-0.1, -0.05) is 32.1 Å². The van der Waals surface area contributed by atoms with Crippen molar-refractivity contribution in [2.45, 2.75) is 58.4 Å². The van der Waals surface area contributed by atoms with Crippen LogP contribution in [0, 0.1) is 19.8 Å². The van der Waals surface area contributed by atoms with E-state index in [1.807, 2.05) is 11.3 Å². The lowest BCUT2D eigenvalue weighted by Crippen LogP contribution is -2.20. The molecule has 1 N–H and O–H groups in total. The Morgan fingerprint density at radius 2 is 2.00 bits per heavy atom. The zero-order valence-corrected chi connectivity index (χ0v) is 12.2. The largest absolute Gasteiger partial charge is 0.312 e. The van der Waals surface area contributed by atoms with Crippen molar-refractivity contribution in [3.8, 4) is 0 Å². The Kier molecular flexibility index (Phi) is 4.63. The Hall–Kier alpha value is -0.340. The molecule has 0 bridgehead atoms. The smallest absolute Gasteiger partial charge is 0.0415 e. The molecule has 1 atom stereocenters. The van der Waals surface area contributed by atoms with Gasteiger partial charge in [0.25, 0.3) is 0 Å². The fourth-order valence-corrected chi connectivity index (χ4v) is 4.07. The standard InChI is InChI=1S/C15H25NS/c1-11-9-15(17-12(11)2)14(16-3)10-13-7-5-4-6-8-13/h9,13-14,16H,4-8,10H2,1-3H3. The number of thiophene rings is 1. The quantitative estimate of drug-likeness (QED) is 0.825. The molecular formula is C15H25NS. The van der Waals surface area contributed by atoms with Crippen LogP contribution in [-0.2, 0) is 0 Å². The van der Waals surface area contributed by atoms with Crippen LogP contribution < -0.4 is 5.32 Å². The molecule has 1 heterocycles. The first kappa shape index (κ1) is 13.1. The van der Waals surface area contributed by atoms with Gasteiger partial charge in [0.05, 0.1) is 0 Å². The summed E-state index contributed by atoms with van der Waals surface area (Å²) >= 11 is 1.97. The lowest BCUT2D eigenvalue weighted by atomic mass is 9.84. The predicted molar refractivity (Wildman–Crippen MR) is 76.8 cm³/mol. The summed E-state index contributed by atoms with van der Waals surface area (Å²) in [5.74, 6) is 0.948. The molecule has 0 saturated heterocycles. The third-order valence-corrected chi connectivity index (χ3v) is 5.44. The molecule has 0 aliphatic heterocycles. The maximum Gasteiger partial charge on any atom is 0.0415 e. The van der Waals surface area contributed by atoms with E-state index in [4.69, 9.17) is 0 Å². The van der Waals surface area contributed by atoms with Gasteiger partial charge in [0, 0.05) is 15.8 Å². The maximum absolute atomic E-state index is 3.52. The maximum atomic E-state index is 3.52. The van der Waals surface area contributed by atoms with Gasteiger partial charge in [-0.3, -0.25) is 0 Å². The molecule has 2 heteroatoms. The van der Waals surface area contributed by atoms with Crippen molar-refractivity contribution >= 4 is 11.3 Å². The number of aryl methyl sites for hydroxylation is 2. The van der Waals surface area contributed by atoms with E-state index in [-0.39, 0.29) is 0 Å². The molecule has 96 valence electrons. The van der Waals surface area contributed by atoms with Crippen LogP contribution in [0.5, 0.6) is 0 Å². The molecule has 0 spiro atoms. The summed E-state index contributed by atoms with van der Waals surface area (Å²) in [6.07, 6.45) is 8.57. The van der Waals surface area contributed by atoms with Gasteiger partial charge in [0.15, 0.2) is 0 Å². The Balaban J connectivity index is 2.00. The topological polar surface area (TPSA) is 12.0 Å². The molecule has 1 fully saturated rings. The highest BCUT2D eigenvalue weighted by Crippen LogP contribution is 2.34. The van der Waals surface area contributed by atoms with Crippen molar-refractivity contribution in [3.05, 3.63) is 21.4 Å². The van der Waals surface area contributed by atoms with E-state index >= 15 is 0 Å². The summed E-state index contributed by atoms with van der Waals surface area (Å²) in [4.78, 5) is 3.01. The second-order valence-corrected chi connectivity index (χ2v) is 6.76. The minimum Gasteiger partial charge on any atom is -0.312 e. The minimum absolute atomic E-state index is 0.579. The fraction of sp³-hybridized carbons (Fsp3) is 0.733. The monoisotopic (exact) mass is 251 g/mol. The zero-order chi connectivity index (χ0) is 12.3. The van der Waals surface area contributed by atoms with E-state index < -0.39 is 0 Å². The molecule has 1 aliphatic rings. The van der Waals surface area contributed by atoms with Gasteiger partial charge in [-0.05, 0) is 44.9 Å². The Labute approximate surface area is 110 Å². The van der Waals surface area contributed by atoms with Crippen LogP contribution in [0.4, 0.5) is 0 Å². The molecule has 1 saturated carbocycles. The summed E-state index contributed by atoms with van der Waals surface area (Å²) in [5.41, 5.74) is 1.45. The van der Waals surface area contributed by atoms with Crippen LogP contribution in [-0.4, -0.2) is 7.05 Å². The van der Waals surface area contributed by atoms with Crippen molar-refractivity contribution in [1.29, 1.82) is 0 Å². The predicted octanol–water partition coefficient (Wildman–Crippen LogP) is 4.60. The molecule has 1 nitrogen and oxygen atoms in total. The van der Waals surface area contributed by atoms with Gasteiger partial charge in [-0.15, -0.1) is 11.3 Å². The molecule has 1 aromatic rings. The summed E-state index contributed by atoms with van der Waals surface area (Å²) < 4.78 is 0. The molecule has 0 aromatic carbocycles. The molecule has 1 unspecified atom stereocenters. The Morgan fingerprint density at radius 1 is 1.29 bits per heavy atom. The van der Waals surface area contributed by atoms with Gasteiger partial charge < -0.3 is 5.32 Å². The van der Waals surface area contributed by atoms with Crippen LogP contribution in [0.3, 0.4) is 0 Å². The van der Waals surface area contributed by atoms with Gasteiger partial charge in [-0.25, -0.2) is 0 Å². The number of nitrogens with one attached hydrogen (secondary N) is 1. The van der Waals surface area contributed by atoms with Crippen molar-refractivity contribution in [3.63, 3.8) is 0 Å². The van der Waals surface area contributed by atoms with Crippen LogP contribution in [0.25, 0.3) is 0 Å². The van der Waals surface area contributed by atoms with Crippen LogP contribution in [0.2, 0.25) is 0 Å². The highest BCUT2D eigenvalue weighted by molar-refractivity contribution is 7.12. The highest BCUT2D eigenvalue weighted by atomic mass is 32.1. The summed E-state index contributed by atoms with van der Waals surface area (Å²) in [6, 6.07) is 2.96. The van der Waals surface area contributed by atoms with Crippen molar-refractivity contribution in [1.82, 2.24) is 5.32 Å². The van der Waals surface area contributed by atoms with E-state index in [2.05, 4.69) is 32.3 Å². The first-order valence-corrected chi connectivity index (χ1v) is 7.76. The molecule has 17 heavy (non-hydrogen) atoms. The number of hydrogen-bond acceptors (Lipinski definition) is 2. The van der Waals surface area contributed by atoms with Crippen molar-refractivity contribution < 1.29 is 0 Å². The van der Waals surface area contributed by atoms with E-state index in [0.717, 1.165) is 5.92 Å². The molecular weight excluding hydrogens is 226 g/mol. The third-order valence-electron chi connectivity index (χ3n) is 4.17. The second kappa shape index (κ2) is 6.01. The van der Waals surface area contributed by atoms with Crippen LogP contribution >= 0.6 is 11.3 Å². The van der Waals surface area contributed by atoms with Crippen molar-refractivity contribution in [2.24, 2.45) is 5.92 Å². The summed E-state index contributed by atoms with van der Waals surface area (Å²) in [6.45, 7) is 4.46. The first-order valence-electron chi connectivity index (χ1n) is 6.95. The molecule has 2 rings (SSSR count). The molecule has 1 aromatic heterocycles. The lowest BCUT2D eigenvalue weighted by Gasteiger charge is -2.25. The first-order chi connectivity index (χ1) is 8.20. The van der Waals surface area contributed by atoms with E-state index in [1.54, 1.807) is 0 Å². The SMILES string of the molecule is CNC(CC1CCCCC1)c1cc(C)c(C)s1. The van der Waals surface area contributed by atoms with Gasteiger partial charge in [0.1, 0.15) is 0 Å². The van der Waals surface area contributed by atoms with E-state index in [1.165, 1.54) is 53.8 Å². The van der Waals surface area contributed by atoms with Gasteiger partial charge in [-0.2, -0.15) is 0 Å². The fourth-order valence-electron chi connectivity index (χ4n) is 2.91. The number of rotatable bonds is 4. The second-order valence-electron chi connectivity index (χ2n) is 5.47. The highest BCUT2D eigenvalue weighted by Gasteiger charge is 2.20. The minimum atomic E-state index is 0.579. The Bertz CT molecular complexity index is 330. The van der Waals surface area contributed by atoms with Gasteiger partial charge >= 0.3 is 0 Å². The molecule has 0 radical (unpaired) electrons. The van der Waals surface area contributed by atoms with Crippen molar-refractivity contribution in [2.75, 3.05) is 7.05 Å². The van der Waals surface area contributed by atoms with E-state index in [9.17, 15) is 0 Å². The Morgan fingerprint density at radius 3 is 2.53 bits per heavy atom. The number of hydrogen-bond donors (Lipinski definition) is 1. The normalized spacial score (nSPS) is 19.5. The summed E-state index contributed by atoms with van der Waals surface area (Å²) in [7, 11) is 2.11. The average Bonchev–Trinajstić information content (AvgIpc) is 2.68.